The zero-order chi connectivity index (χ0) is 19.8. The van der Waals surface area contributed by atoms with Crippen molar-refractivity contribution in [3.63, 3.8) is 0 Å². The second kappa shape index (κ2) is 7.65. The molecule has 2 atom stereocenters. The van der Waals surface area contributed by atoms with Gasteiger partial charge in [0.1, 0.15) is 0 Å². The van der Waals surface area contributed by atoms with Crippen molar-refractivity contribution in [1.29, 1.82) is 0 Å². The monoisotopic (exact) mass is 392 g/mol. The molecule has 5 rings (SSSR count). The van der Waals surface area contributed by atoms with Gasteiger partial charge in [0.2, 0.25) is 0 Å². The van der Waals surface area contributed by atoms with E-state index in [9.17, 15) is 9.59 Å². The molecule has 2 unspecified atom stereocenters. The highest BCUT2D eigenvalue weighted by molar-refractivity contribution is 5.75. The Balaban J connectivity index is 1.36. The summed E-state index contributed by atoms with van der Waals surface area (Å²) in [6, 6.07) is 8.19. The molecule has 0 aromatic carbocycles. The van der Waals surface area contributed by atoms with Crippen LogP contribution in [0, 0.1) is 5.92 Å². The van der Waals surface area contributed by atoms with Gasteiger partial charge in [-0.15, -0.1) is 0 Å². The predicted molar refractivity (Wildman–Crippen MR) is 112 cm³/mol. The van der Waals surface area contributed by atoms with Crippen LogP contribution in [0.3, 0.4) is 0 Å². The minimum atomic E-state index is 0.0605. The smallest absolute Gasteiger partial charge is 0.317 e. The maximum absolute atomic E-state index is 13.2. The number of pyridine rings is 2. The zero-order valence-corrected chi connectivity index (χ0v) is 16.7. The second-order valence-electron chi connectivity index (χ2n) is 8.82. The molecule has 3 aliphatic rings. The molecule has 2 aliphatic heterocycles. The molecule has 1 saturated carbocycles. The number of fused-ring (bicyclic) bond motifs is 4. The minimum absolute atomic E-state index is 0.0605. The first-order chi connectivity index (χ1) is 14.2. The number of carbonyl (C=O) groups is 1. The molecule has 2 bridgehead atoms. The average Bonchev–Trinajstić information content (AvgIpc) is 2.76. The molecule has 2 aromatic rings. The van der Waals surface area contributed by atoms with Gasteiger partial charge in [-0.2, -0.15) is 0 Å². The Labute approximate surface area is 170 Å². The zero-order valence-electron chi connectivity index (χ0n) is 16.7. The number of aromatic nitrogens is 2. The van der Waals surface area contributed by atoms with Crippen LogP contribution in [-0.4, -0.2) is 39.6 Å². The minimum Gasteiger partial charge on any atom is -0.335 e. The van der Waals surface area contributed by atoms with Crippen molar-refractivity contribution >= 4 is 6.03 Å². The summed E-state index contributed by atoms with van der Waals surface area (Å²) in [5.41, 5.74) is 2.69. The van der Waals surface area contributed by atoms with Crippen molar-refractivity contribution in [2.45, 2.75) is 57.0 Å². The van der Waals surface area contributed by atoms with Gasteiger partial charge in [-0.1, -0.05) is 25.3 Å². The first-order valence-electron chi connectivity index (χ1n) is 10.9. The van der Waals surface area contributed by atoms with Crippen molar-refractivity contribution in [2.75, 3.05) is 13.1 Å². The van der Waals surface area contributed by atoms with Gasteiger partial charge in [-0.05, 0) is 43.4 Å². The number of rotatable bonds is 2. The van der Waals surface area contributed by atoms with Crippen LogP contribution in [0.5, 0.6) is 0 Å². The summed E-state index contributed by atoms with van der Waals surface area (Å²) in [5, 5.41) is 3.26. The van der Waals surface area contributed by atoms with E-state index in [0.29, 0.717) is 30.6 Å². The van der Waals surface area contributed by atoms with Gasteiger partial charge in [0.15, 0.2) is 0 Å². The summed E-state index contributed by atoms with van der Waals surface area (Å²) < 4.78 is 1.94. The Bertz CT molecular complexity index is 949. The Hall–Kier alpha value is -2.63. The van der Waals surface area contributed by atoms with Crippen LogP contribution in [0.1, 0.15) is 50.1 Å². The predicted octanol–water partition coefficient (Wildman–Crippen LogP) is 3.37. The quantitative estimate of drug-likeness (QED) is 0.852. The van der Waals surface area contributed by atoms with Gasteiger partial charge in [-0.3, -0.25) is 9.78 Å². The van der Waals surface area contributed by atoms with E-state index in [4.69, 9.17) is 0 Å². The number of amides is 2. The molecular weight excluding hydrogens is 364 g/mol. The summed E-state index contributed by atoms with van der Waals surface area (Å²) in [6.45, 7) is 2.12. The summed E-state index contributed by atoms with van der Waals surface area (Å²) in [4.78, 5) is 32.2. The van der Waals surface area contributed by atoms with E-state index in [0.717, 1.165) is 37.1 Å². The number of carbonyl (C=O) groups excluding carboxylic acids is 1. The summed E-state index contributed by atoms with van der Waals surface area (Å²) in [6.07, 6.45) is 10.4. The molecule has 6 heteroatoms. The molecule has 1 saturated heterocycles. The number of likely N-dealkylation sites (tertiary alicyclic amines) is 1. The molecule has 29 heavy (non-hydrogen) atoms. The molecule has 1 N–H and O–H groups in total. The first kappa shape index (κ1) is 18.4. The van der Waals surface area contributed by atoms with Gasteiger partial charge in [-0.25, -0.2) is 4.79 Å². The lowest BCUT2D eigenvalue weighted by molar-refractivity contribution is 0.127. The normalized spacial score (nSPS) is 24.1. The van der Waals surface area contributed by atoms with Crippen molar-refractivity contribution in [1.82, 2.24) is 19.8 Å². The fourth-order valence-corrected chi connectivity index (χ4v) is 5.37. The number of nitrogens with one attached hydrogen (secondary N) is 1. The lowest BCUT2D eigenvalue weighted by atomic mass is 9.83. The lowest BCUT2D eigenvalue weighted by Crippen LogP contribution is -2.53. The third-order valence-electron chi connectivity index (χ3n) is 6.80. The fraction of sp³-hybridized carbons (Fsp3) is 0.522. The topological polar surface area (TPSA) is 67.2 Å². The van der Waals surface area contributed by atoms with Gasteiger partial charge >= 0.3 is 6.03 Å². The fourth-order valence-electron chi connectivity index (χ4n) is 5.37. The largest absolute Gasteiger partial charge is 0.335 e. The molecular formula is C23H28N4O2. The number of hydrogen-bond donors (Lipinski definition) is 1. The van der Waals surface area contributed by atoms with Crippen molar-refractivity contribution < 1.29 is 4.79 Å². The van der Waals surface area contributed by atoms with Crippen molar-refractivity contribution in [2.24, 2.45) is 5.92 Å². The SMILES string of the molecule is O=C(NC1CCCCC1)N1CC2CC(C1)c1ccc(-c3cccnc3)c(=O)n1C2. The molecule has 2 amide bonds. The molecule has 0 radical (unpaired) electrons. The van der Waals surface area contributed by atoms with E-state index in [1.54, 1.807) is 12.4 Å². The maximum atomic E-state index is 13.2. The van der Waals surface area contributed by atoms with E-state index >= 15 is 0 Å². The third kappa shape index (κ3) is 3.56. The summed E-state index contributed by atoms with van der Waals surface area (Å²) in [7, 11) is 0. The standard InChI is InChI=1S/C23H28N4O2/c28-22-20(17-5-4-10-24-12-17)8-9-21-18-11-16(14-27(21)22)13-26(15-18)23(29)25-19-6-2-1-3-7-19/h4-5,8-10,12,16,18-19H,1-3,6-7,11,13-15H2,(H,25,29). The molecule has 6 nitrogen and oxygen atoms in total. The van der Waals surface area contributed by atoms with E-state index in [1.807, 2.05) is 27.7 Å². The Morgan fingerprint density at radius 2 is 1.93 bits per heavy atom. The molecule has 1 aliphatic carbocycles. The highest BCUT2D eigenvalue weighted by Gasteiger charge is 2.37. The third-order valence-corrected chi connectivity index (χ3v) is 6.80. The van der Waals surface area contributed by atoms with Crippen LogP contribution in [0.25, 0.3) is 11.1 Å². The van der Waals surface area contributed by atoms with Gasteiger partial charge in [0.25, 0.3) is 5.56 Å². The van der Waals surface area contributed by atoms with Crippen molar-refractivity contribution in [3.8, 4) is 11.1 Å². The Morgan fingerprint density at radius 3 is 2.72 bits per heavy atom. The van der Waals surface area contributed by atoms with E-state index < -0.39 is 0 Å². The maximum Gasteiger partial charge on any atom is 0.317 e. The number of hydrogen-bond acceptors (Lipinski definition) is 3. The van der Waals surface area contributed by atoms with E-state index in [1.165, 1.54) is 19.3 Å². The van der Waals surface area contributed by atoms with Gasteiger partial charge < -0.3 is 14.8 Å². The van der Waals surface area contributed by atoms with Crippen LogP contribution < -0.4 is 10.9 Å². The average molecular weight is 393 g/mol. The van der Waals surface area contributed by atoms with Crippen LogP contribution in [0.4, 0.5) is 4.79 Å². The molecule has 0 spiro atoms. The van der Waals surface area contributed by atoms with Crippen LogP contribution in [0.15, 0.2) is 41.5 Å². The molecule has 4 heterocycles. The van der Waals surface area contributed by atoms with Gasteiger partial charge in [0, 0.05) is 60.8 Å². The van der Waals surface area contributed by atoms with Gasteiger partial charge in [0.05, 0.1) is 0 Å². The van der Waals surface area contributed by atoms with Crippen LogP contribution in [-0.2, 0) is 6.54 Å². The highest BCUT2D eigenvalue weighted by atomic mass is 16.2. The number of nitrogens with zero attached hydrogens (tertiary/aromatic N) is 3. The molecule has 152 valence electrons. The second-order valence-corrected chi connectivity index (χ2v) is 8.82. The van der Waals surface area contributed by atoms with Crippen molar-refractivity contribution in [3.05, 3.63) is 52.7 Å². The van der Waals surface area contributed by atoms with E-state index in [2.05, 4.69) is 16.4 Å². The highest BCUT2D eigenvalue weighted by Crippen LogP contribution is 2.36. The first-order valence-corrected chi connectivity index (χ1v) is 10.9. The molecule has 2 aromatic heterocycles. The summed E-state index contributed by atoms with van der Waals surface area (Å²) >= 11 is 0. The van der Waals surface area contributed by atoms with E-state index in [-0.39, 0.29) is 17.5 Å². The Morgan fingerprint density at radius 1 is 1.07 bits per heavy atom. The lowest BCUT2D eigenvalue weighted by Gasteiger charge is -2.43. The number of piperidine rings is 1. The molecule has 2 fully saturated rings. The van der Waals surface area contributed by atoms with Crippen LogP contribution >= 0.6 is 0 Å². The number of urea groups is 1. The Kier molecular flexibility index (Phi) is 4.86. The summed E-state index contributed by atoms with van der Waals surface area (Å²) in [5.74, 6) is 0.565. The van der Waals surface area contributed by atoms with Crippen LogP contribution in [0.2, 0.25) is 0 Å².